The van der Waals surface area contributed by atoms with Crippen LogP contribution in [0, 0.1) is 0 Å². The monoisotopic (exact) mass is 232 g/mol. The maximum absolute atomic E-state index is 4.62. The van der Waals surface area contributed by atoms with Gasteiger partial charge in [0.05, 0.1) is 5.69 Å². The van der Waals surface area contributed by atoms with Gasteiger partial charge < -0.3 is 10.2 Å². The van der Waals surface area contributed by atoms with Gasteiger partial charge in [-0.1, -0.05) is 0 Å². The molecule has 0 amide bonds. The van der Waals surface area contributed by atoms with Crippen molar-refractivity contribution in [2.45, 2.75) is 31.6 Å². The Balaban J connectivity index is 1.86. The molecule has 0 bridgehead atoms. The summed E-state index contributed by atoms with van der Waals surface area (Å²) in [6.07, 6.45) is 8.65. The number of aromatic nitrogens is 2. The summed E-state index contributed by atoms with van der Waals surface area (Å²) in [5, 5.41) is 3.41. The van der Waals surface area contributed by atoms with Crippen molar-refractivity contribution in [3.63, 3.8) is 0 Å². The Morgan fingerprint density at radius 1 is 1.06 bits per heavy atom. The van der Waals surface area contributed by atoms with Crippen LogP contribution in [0.25, 0.3) is 0 Å². The second kappa shape index (κ2) is 5.00. The molecule has 2 saturated heterocycles. The SMILES string of the molecule is c1cnc(N2CCCC2)c(C2CCNCC2)n1. The van der Waals surface area contributed by atoms with Gasteiger partial charge in [0.2, 0.25) is 0 Å². The Morgan fingerprint density at radius 2 is 1.76 bits per heavy atom. The number of nitrogens with zero attached hydrogens (tertiary/aromatic N) is 3. The largest absolute Gasteiger partial charge is 0.355 e. The lowest BCUT2D eigenvalue weighted by Gasteiger charge is -2.26. The lowest BCUT2D eigenvalue weighted by molar-refractivity contribution is 0.452. The normalized spacial score (nSPS) is 22.0. The van der Waals surface area contributed by atoms with E-state index in [0.29, 0.717) is 5.92 Å². The average Bonchev–Trinajstić information content (AvgIpc) is 2.94. The van der Waals surface area contributed by atoms with E-state index in [0.717, 1.165) is 32.0 Å². The Labute approximate surface area is 102 Å². The minimum atomic E-state index is 0.598. The molecule has 17 heavy (non-hydrogen) atoms. The third-order valence-corrected chi connectivity index (χ3v) is 3.84. The van der Waals surface area contributed by atoms with Crippen molar-refractivity contribution in [2.75, 3.05) is 31.1 Å². The molecule has 0 atom stereocenters. The molecule has 4 heteroatoms. The van der Waals surface area contributed by atoms with E-state index in [1.807, 2.05) is 12.4 Å². The van der Waals surface area contributed by atoms with E-state index in [2.05, 4.69) is 20.2 Å². The van der Waals surface area contributed by atoms with Crippen molar-refractivity contribution in [3.8, 4) is 0 Å². The summed E-state index contributed by atoms with van der Waals surface area (Å²) in [5.74, 6) is 1.75. The molecule has 2 fully saturated rings. The molecule has 0 unspecified atom stereocenters. The highest BCUT2D eigenvalue weighted by Crippen LogP contribution is 2.31. The van der Waals surface area contributed by atoms with Crippen LogP contribution in [0.3, 0.4) is 0 Å². The molecule has 0 spiro atoms. The van der Waals surface area contributed by atoms with Gasteiger partial charge >= 0.3 is 0 Å². The summed E-state index contributed by atoms with van der Waals surface area (Å²) >= 11 is 0. The van der Waals surface area contributed by atoms with Crippen molar-refractivity contribution in [3.05, 3.63) is 18.1 Å². The predicted molar refractivity (Wildman–Crippen MR) is 68.3 cm³/mol. The summed E-state index contributed by atoms with van der Waals surface area (Å²) in [5.41, 5.74) is 1.23. The fraction of sp³-hybridized carbons (Fsp3) is 0.692. The molecule has 1 N–H and O–H groups in total. The van der Waals surface area contributed by atoms with E-state index in [1.54, 1.807) is 0 Å². The zero-order valence-corrected chi connectivity index (χ0v) is 10.2. The van der Waals surface area contributed by atoms with Crippen LogP contribution in [-0.2, 0) is 0 Å². The van der Waals surface area contributed by atoms with Crippen molar-refractivity contribution in [1.82, 2.24) is 15.3 Å². The zero-order valence-electron chi connectivity index (χ0n) is 10.2. The van der Waals surface area contributed by atoms with Crippen molar-refractivity contribution in [1.29, 1.82) is 0 Å². The minimum Gasteiger partial charge on any atom is -0.355 e. The molecule has 4 nitrogen and oxygen atoms in total. The maximum atomic E-state index is 4.62. The lowest BCUT2D eigenvalue weighted by Crippen LogP contribution is -2.29. The second-order valence-electron chi connectivity index (χ2n) is 4.98. The van der Waals surface area contributed by atoms with Crippen LogP contribution in [0.1, 0.15) is 37.3 Å². The summed E-state index contributed by atoms with van der Waals surface area (Å²) in [6.45, 7) is 4.52. The third-order valence-electron chi connectivity index (χ3n) is 3.84. The van der Waals surface area contributed by atoms with Crippen LogP contribution in [0.15, 0.2) is 12.4 Å². The molecule has 0 radical (unpaired) electrons. The average molecular weight is 232 g/mol. The van der Waals surface area contributed by atoms with Gasteiger partial charge in [0.1, 0.15) is 0 Å². The zero-order chi connectivity index (χ0) is 11.5. The molecule has 2 aliphatic heterocycles. The van der Waals surface area contributed by atoms with E-state index < -0.39 is 0 Å². The molecular formula is C13H20N4. The maximum Gasteiger partial charge on any atom is 0.150 e. The van der Waals surface area contributed by atoms with Gasteiger partial charge in [-0.3, -0.25) is 4.98 Å². The van der Waals surface area contributed by atoms with Crippen molar-refractivity contribution >= 4 is 5.82 Å². The molecule has 3 heterocycles. The molecule has 92 valence electrons. The predicted octanol–water partition coefficient (Wildman–Crippen LogP) is 1.54. The summed E-state index contributed by atoms with van der Waals surface area (Å²) in [4.78, 5) is 11.6. The summed E-state index contributed by atoms with van der Waals surface area (Å²) in [6, 6.07) is 0. The van der Waals surface area contributed by atoms with Crippen molar-refractivity contribution in [2.24, 2.45) is 0 Å². The first-order chi connectivity index (χ1) is 8.45. The first-order valence-electron chi connectivity index (χ1n) is 6.72. The molecule has 0 saturated carbocycles. The highest BCUT2D eigenvalue weighted by molar-refractivity contribution is 5.45. The second-order valence-corrected chi connectivity index (χ2v) is 4.98. The van der Waals surface area contributed by atoms with E-state index in [-0.39, 0.29) is 0 Å². The number of anilines is 1. The number of piperidine rings is 1. The van der Waals surface area contributed by atoms with E-state index in [1.165, 1.54) is 31.4 Å². The van der Waals surface area contributed by atoms with Gasteiger partial charge in [-0.2, -0.15) is 0 Å². The highest BCUT2D eigenvalue weighted by atomic mass is 15.2. The molecule has 3 rings (SSSR count). The highest BCUT2D eigenvalue weighted by Gasteiger charge is 2.24. The first-order valence-corrected chi connectivity index (χ1v) is 6.72. The Hall–Kier alpha value is -1.16. The van der Waals surface area contributed by atoms with Crippen LogP contribution in [-0.4, -0.2) is 36.1 Å². The van der Waals surface area contributed by atoms with Crippen LogP contribution < -0.4 is 10.2 Å². The topological polar surface area (TPSA) is 41.1 Å². The van der Waals surface area contributed by atoms with Gasteiger partial charge in [-0.25, -0.2) is 4.98 Å². The first kappa shape index (κ1) is 11.0. The molecule has 0 aromatic carbocycles. The van der Waals surface area contributed by atoms with Crippen LogP contribution in [0.5, 0.6) is 0 Å². The van der Waals surface area contributed by atoms with Crippen LogP contribution in [0.4, 0.5) is 5.82 Å². The fourth-order valence-corrected chi connectivity index (χ4v) is 2.90. The number of rotatable bonds is 2. The standard InChI is InChI=1S/C13H20N4/c1-2-10-17(9-1)13-12(15-7-8-16-13)11-3-5-14-6-4-11/h7-8,11,14H,1-6,9-10H2. The number of hydrogen-bond donors (Lipinski definition) is 1. The smallest absolute Gasteiger partial charge is 0.150 e. The summed E-state index contributed by atoms with van der Waals surface area (Å²) < 4.78 is 0. The number of hydrogen-bond acceptors (Lipinski definition) is 4. The van der Waals surface area contributed by atoms with Crippen LogP contribution >= 0.6 is 0 Å². The van der Waals surface area contributed by atoms with Gasteiger partial charge in [0.15, 0.2) is 5.82 Å². The number of nitrogens with one attached hydrogen (secondary N) is 1. The van der Waals surface area contributed by atoms with Gasteiger partial charge in [-0.15, -0.1) is 0 Å². The minimum absolute atomic E-state index is 0.598. The lowest BCUT2D eigenvalue weighted by atomic mass is 9.94. The molecular weight excluding hydrogens is 212 g/mol. The van der Waals surface area contributed by atoms with Gasteiger partial charge in [-0.05, 0) is 38.8 Å². The summed E-state index contributed by atoms with van der Waals surface area (Å²) in [7, 11) is 0. The molecule has 1 aromatic heterocycles. The third kappa shape index (κ3) is 2.27. The van der Waals surface area contributed by atoms with Gasteiger partial charge in [0.25, 0.3) is 0 Å². The molecule has 2 aliphatic rings. The molecule has 1 aromatic rings. The molecule has 0 aliphatic carbocycles. The van der Waals surface area contributed by atoms with Crippen molar-refractivity contribution < 1.29 is 0 Å². The Bertz CT molecular complexity index is 367. The van der Waals surface area contributed by atoms with E-state index >= 15 is 0 Å². The van der Waals surface area contributed by atoms with E-state index in [9.17, 15) is 0 Å². The fourth-order valence-electron chi connectivity index (χ4n) is 2.90. The quantitative estimate of drug-likeness (QED) is 0.840. The van der Waals surface area contributed by atoms with Gasteiger partial charge in [0, 0.05) is 31.4 Å². The van der Waals surface area contributed by atoms with E-state index in [4.69, 9.17) is 0 Å². The van der Waals surface area contributed by atoms with Crippen LogP contribution in [0.2, 0.25) is 0 Å². The Kier molecular flexibility index (Phi) is 3.22. The Morgan fingerprint density at radius 3 is 2.53 bits per heavy atom.